The zero-order chi connectivity index (χ0) is 98.6. The van der Waals surface area contributed by atoms with Crippen molar-refractivity contribution in [2.45, 2.75) is 57.8 Å². The minimum absolute atomic E-state index is 0.693. The van der Waals surface area contributed by atoms with E-state index < -0.39 is 0 Å². The lowest BCUT2D eigenvalue weighted by atomic mass is 10.1. The topological polar surface area (TPSA) is 246 Å². The molecule has 5 aliphatic heterocycles. The zero-order valence-electron chi connectivity index (χ0n) is 83.3. The number of rotatable bonds is 29. The van der Waals surface area contributed by atoms with Crippen molar-refractivity contribution in [3.05, 3.63) is 330 Å². The van der Waals surface area contributed by atoms with E-state index in [0.29, 0.717) is 13.2 Å². The van der Waals surface area contributed by atoms with Gasteiger partial charge in [-0.05, 0) is 227 Å². The molecule has 0 radical (unpaired) electrons. The lowest BCUT2D eigenvalue weighted by molar-refractivity contribution is 0.134. The highest BCUT2D eigenvalue weighted by atomic mass is 16.5. The minimum Gasteiger partial charge on any atom is -0.492 e. The molecule has 0 amide bonds. The van der Waals surface area contributed by atoms with Crippen LogP contribution >= 0.6 is 0 Å². The van der Waals surface area contributed by atoms with E-state index in [1.54, 1.807) is 35.5 Å². The van der Waals surface area contributed by atoms with E-state index in [-0.39, 0.29) is 0 Å². The maximum atomic E-state index is 6.04. The van der Waals surface area contributed by atoms with E-state index in [0.717, 1.165) is 262 Å². The molecule has 29 nitrogen and oxygen atoms in total. The molecular formula is C117H126N24O5. The predicted molar refractivity (Wildman–Crippen MR) is 576 cm³/mol. The van der Waals surface area contributed by atoms with E-state index in [9.17, 15) is 0 Å². The van der Waals surface area contributed by atoms with Crippen LogP contribution < -0.4 is 23.7 Å². The molecule has 24 rings (SSSR count). The number of likely N-dealkylation sites (N-methyl/N-ethyl adjacent to an activating group) is 2. The Labute approximate surface area is 852 Å². The van der Waals surface area contributed by atoms with Crippen LogP contribution in [0.15, 0.2) is 330 Å². The van der Waals surface area contributed by atoms with Gasteiger partial charge in [0.25, 0.3) is 0 Å². The number of nitrogens with zero attached hydrogens (tertiary/aromatic N) is 24. The van der Waals surface area contributed by atoms with Crippen molar-refractivity contribution in [1.29, 1.82) is 0 Å². The third-order valence-corrected chi connectivity index (χ3v) is 27.7. The third-order valence-electron chi connectivity index (χ3n) is 27.7. The summed E-state index contributed by atoms with van der Waals surface area (Å²) in [5.74, 6) is 4.52. The van der Waals surface area contributed by atoms with Gasteiger partial charge in [0.05, 0.1) is 31.0 Å². The lowest BCUT2D eigenvalue weighted by Gasteiger charge is -2.32. The highest BCUT2D eigenvalue weighted by Gasteiger charge is 2.21. The Hall–Kier alpha value is -15.3. The molecule has 12 aromatic heterocycles. The minimum atomic E-state index is 0.693. The van der Waals surface area contributed by atoms with Crippen molar-refractivity contribution in [2.24, 2.45) is 0 Å². The summed E-state index contributed by atoms with van der Waals surface area (Å²) in [5.41, 5.74) is 23.3. The molecule has 7 aromatic carbocycles. The summed E-state index contributed by atoms with van der Waals surface area (Å²) in [6.07, 6.45) is 47.9. The van der Waals surface area contributed by atoms with Crippen LogP contribution in [0, 0.1) is 0 Å². The molecule has 146 heavy (non-hydrogen) atoms. The number of pyridine rings is 2. The van der Waals surface area contributed by atoms with Crippen molar-refractivity contribution >= 4 is 28.2 Å². The maximum absolute atomic E-state index is 6.04. The number of likely N-dealkylation sites (tertiary alicyclic amines) is 3. The number of fused-ring (bicyclic) bond motifs is 5. The number of aromatic nitrogens is 17. The van der Waals surface area contributed by atoms with Crippen LogP contribution in [-0.2, 0) is 0 Å². The molecule has 744 valence electrons. The maximum Gasteiger partial charge on any atom is 0.162 e. The molecule has 0 atom stereocenters. The summed E-state index contributed by atoms with van der Waals surface area (Å²) in [4.78, 5) is 48.4. The van der Waals surface area contributed by atoms with Gasteiger partial charge in [0.1, 0.15) is 61.8 Å². The van der Waals surface area contributed by atoms with Crippen molar-refractivity contribution in [3.63, 3.8) is 0 Å². The first kappa shape index (κ1) is 98.1. The van der Waals surface area contributed by atoms with Crippen molar-refractivity contribution in [1.82, 2.24) is 117 Å². The number of piperazine rings is 2. The highest BCUT2D eigenvalue weighted by Crippen LogP contribution is 2.34. The average molecular weight is 1950 g/mol. The molecule has 0 spiro atoms. The van der Waals surface area contributed by atoms with Gasteiger partial charge < -0.3 is 33.5 Å². The highest BCUT2D eigenvalue weighted by molar-refractivity contribution is 5.82. The zero-order valence-corrected chi connectivity index (χ0v) is 83.3. The third kappa shape index (κ3) is 26.1. The number of hydrogen-bond donors (Lipinski definition) is 0. The first-order chi connectivity index (χ1) is 72.1. The SMILES string of the molecule is CN1CCN(CCOc2ccc(-c3cnc4c(-c5ccncc5)cnn4c3)cc2)CC1.CN1CCN(CCOc2cccc(-c3cnc4c(-c5ccncc5)cnn4c3)c2)CC1.c1cc2ncc(-c3ccc(OCCN4CCCCC4)cc3)cn2n1.c1ccc(-c2cnn3cc(-c4ccc(OCCN5CCCCC5)cc4)cnc23)cc1.c1ccc(-c2cnn3cc(-c4ccc(OCCN5CCCCC5)cc4)cnc23)cc1. The van der Waals surface area contributed by atoms with Crippen LogP contribution in [0.1, 0.15) is 57.8 Å². The average Bonchev–Trinajstić information content (AvgIpc) is 1.65. The first-order valence-electron chi connectivity index (χ1n) is 51.3. The molecule has 5 fully saturated rings. The van der Waals surface area contributed by atoms with Crippen molar-refractivity contribution in [2.75, 3.05) is 171 Å². The van der Waals surface area contributed by atoms with Gasteiger partial charge in [-0.2, -0.15) is 25.5 Å². The van der Waals surface area contributed by atoms with Crippen LogP contribution in [-0.4, -0.2) is 289 Å². The van der Waals surface area contributed by atoms with Gasteiger partial charge in [-0.3, -0.25) is 34.5 Å². The Morgan fingerprint density at radius 3 is 0.822 bits per heavy atom. The quantitative estimate of drug-likeness (QED) is 0.0423. The van der Waals surface area contributed by atoms with Crippen LogP contribution in [0.5, 0.6) is 28.7 Å². The summed E-state index contributed by atoms with van der Waals surface area (Å²) in [7, 11) is 4.35. The molecule has 0 N–H and O–H groups in total. The van der Waals surface area contributed by atoms with Crippen LogP contribution in [0.2, 0.25) is 0 Å². The molecule has 29 heteroatoms. The molecular weight excluding hydrogens is 1820 g/mol. The van der Waals surface area contributed by atoms with E-state index in [1.807, 2.05) is 232 Å². The fourth-order valence-corrected chi connectivity index (χ4v) is 19.1. The standard InChI is InChI=1S/2C25H26N4O.2C24H26N6O.C19H22N4O/c2*1-3-7-21(8-4-1)24-18-27-29-19-22(17-26-25(24)29)20-9-11-23(12-10-20)30-16-15-28-13-5-2-6-14-28;1-28-10-12-29(13-11-28)14-15-31-22-4-2-19(3-5-22)21-16-26-24-23(17-27-30(24)18-21)20-6-8-25-9-7-20;1-28-9-11-29(12-10-28)13-14-31-22-4-2-3-20(15-22)21-16-26-24-23(17-27-30(24)18-21)19-5-7-25-8-6-19;1-2-10-22(11-3-1)12-13-24-18-6-4-16(5-7-18)17-14-20-19-8-9-21-23(19)15-17/h2*1,3-4,7-12,17-19H,2,5-6,13-16H2;2-9,16-18H,10-15H2,1H3;2-8,15-18H,9-14H2,1H3;4-9,14-15H,1-3,10-13H2. The number of benzene rings is 7. The van der Waals surface area contributed by atoms with Gasteiger partial charge in [0, 0.05) is 228 Å². The van der Waals surface area contributed by atoms with E-state index in [4.69, 9.17) is 23.7 Å². The lowest BCUT2D eigenvalue weighted by Crippen LogP contribution is -2.45. The fraction of sp³-hybridized carbons (Fsp3) is 0.299. The molecule has 19 aromatic rings. The second kappa shape index (κ2) is 49.3. The van der Waals surface area contributed by atoms with E-state index >= 15 is 0 Å². The summed E-state index contributed by atoms with van der Waals surface area (Å²) < 4.78 is 38.9. The monoisotopic (exact) mass is 1950 g/mol. The fourth-order valence-electron chi connectivity index (χ4n) is 19.1. The van der Waals surface area contributed by atoms with Crippen LogP contribution in [0.25, 0.3) is 128 Å². The Bertz CT molecular complexity index is 7110. The molecule has 5 aliphatic rings. The largest absolute Gasteiger partial charge is 0.492 e. The van der Waals surface area contributed by atoms with Gasteiger partial charge in [-0.25, -0.2) is 47.5 Å². The van der Waals surface area contributed by atoms with E-state index in [1.165, 1.54) is 97.1 Å². The summed E-state index contributed by atoms with van der Waals surface area (Å²) >= 11 is 0. The second-order valence-corrected chi connectivity index (χ2v) is 37.7. The summed E-state index contributed by atoms with van der Waals surface area (Å²) in [6.45, 7) is 24.8. The molecule has 5 saturated heterocycles. The van der Waals surface area contributed by atoms with Crippen LogP contribution in [0.3, 0.4) is 0 Å². The summed E-state index contributed by atoms with van der Waals surface area (Å²) in [5, 5.41) is 22.2. The molecule has 0 bridgehead atoms. The summed E-state index contributed by atoms with van der Waals surface area (Å²) in [6, 6.07) is 71.3. The Morgan fingerprint density at radius 2 is 0.493 bits per heavy atom. The molecule has 17 heterocycles. The normalized spacial score (nSPS) is 15.2. The van der Waals surface area contributed by atoms with Gasteiger partial charge in [0.15, 0.2) is 28.2 Å². The molecule has 0 aliphatic carbocycles. The van der Waals surface area contributed by atoms with Crippen molar-refractivity contribution in [3.8, 4) is 129 Å². The van der Waals surface area contributed by atoms with Gasteiger partial charge >= 0.3 is 0 Å². The van der Waals surface area contributed by atoms with Crippen LogP contribution in [0.4, 0.5) is 0 Å². The second-order valence-electron chi connectivity index (χ2n) is 37.7. The van der Waals surface area contributed by atoms with Gasteiger partial charge in [-0.15, -0.1) is 0 Å². The number of hydrogen-bond acceptors (Lipinski definition) is 24. The molecule has 0 unspecified atom stereocenters. The van der Waals surface area contributed by atoms with E-state index in [2.05, 4.69) is 194 Å². The number of piperidine rings is 3. The Kier molecular flexibility index (Phi) is 33.1. The number of ether oxygens (including phenoxy) is 5. The van der Waals surface area contributed by atoms with Crippen molar-refractivity contribution < 1.29 is 23.7 Å². The first-order valence-corrected chi connectivity index (χ1v) is 51.3. The predicted octanol–water partition coefficient (Wildman–Crippen LogP) is 19.3. The smallest absolute Gasteiger partial charge is 0.162 e. The van der Waals surface area contributed by atoms with Gasteiger partial charge in [-0.1, -0.05) is 141 Å². The van der Waals surface area contributed by atoms with Gasteiger partial charge in [0.2, 0.25) is 0 Å². The Morgan fingerprint density at radius 1 is 0.212 bits per heavy atom. The molecule has 0 saturated carbocycles. The Balaban J connectivity index is 0.000000111.